The maximum absolute atomic E-state index is 13.9. The van der Waals surface area contributed by atoms with Crippen molar-refractivity contribution in [1.82, 2.24) is 4.98 Å². The van der Waals surface area contributed by atoms with E-state index in [0.29, 0.717) is 39.1 Å². The van der Waals surface area contributed by atoms with Crippen molar-refractivity contribution < 1.29 is 28.2 Å². The molecule has 1 aliphatic rings. The van der Waals surface area contributed by atoms with Gasteiger partial charge in [0.05, 0.1) is 41.8 Å². The average Bonchev–Trinajstić information content (AvgIpc) is 3.32. The second kappa shape index (κ2) is 12.3. The van der Waals surface area contributed by atoms with E-state index in [-0.39, 0.29) is 24.4 Å². The molecule has 13 heteroatoms. The minimum atomic E-state index is -3.12. The number of aryl methyl sites for hydroxylation is 1. The quantitative estimate of drug-likeness (QED) is 0.196. The van der Waals surface area contributed by atoms with Gasteiger partial charge >= 0.3 is 5.97 Å². The van der Waals surface area contributed by atoms with Gasteiger partial charge in [0, 0.05) is 28.1 Å². The first-order chi connectivity index (χ1) is 18.6. The highest BCUT2D eigenvalue weighted by Crippen LogP contribution is 2.51. The summed E-state index contributed by atoms with van der Waals surface area (Å²) in [4.78, 5) is 17.1. The summed E-state index contributed by atoms with van der Waals surface area (Å²) in [5, 5.41) is 26.0. The molecule has 4 rings (SSSR count). The van der Waals surface area contributed by atoms with E-state index in [1.807, 2.05) is 6.07 Å². The first-order valence-electron chi connectivity index (χ1n) is 11.7. The first-order valence-corrected chi connectivity index (χ1v) is 13.8. The number of thiazole rings is 1. The SMILES string of the molecule is COc1cccc([C@H]2SC(Cc3ncc(CCC(=O)O)s3)C(=N)N(C(=N)C(F)F)c3ccc(Cl)cc32)c1OC. The van der Waals surface area contributed by atoms with E-state index >= 15 is 0 Å². The first kappa shape index (κ1) is 28.8. The number of aromatic nitrogens is 1. The molecule has 0 bridgehead atoms. The molecule has 206 valence electrons. The Morgan fingerprint density at radius 2 is 2.00 bits per heavy atom. The largest absolute Gasteiger partial charge is 0.493 e. The van der Waals surface area contributed by atoms with E-state index in [4.69, 9.17) is 37.0 Å². The monoisotopic (exact) mass is 594 g/mol. The van der Waals surface area contributed by atoms with Crippen LogP contribution in [0.4, 0.5) is 14.5 Å². The number of benzene rings is 2. The maximum atomic E-state index is 13.9. The molecule has 0 radical (unpaired) electrons. The number of ether oxygens (including phenoxy) is 2. The maximum Gasteiger partial charge on any atom is 0.303 e. The van der Waals surface area contributed by atoms with E-state index in [1.54, 1.807) is 36.5 Å². The number of para-hydroxylation sites is 1. The van der Waals surface area contributed by atoms with Crippen LogP contribution in [0.15, 0.2) is 42.6 Å². The molecule has 3 aromatic rings. The number of carbonyl (C=O) groups is 1. The van der Waals surface area contributed by atoms with Crippen LogP contribution in [0.1, 0.15) is 32.7 Å². The Hall–Kier alpha value is -3.22. The highest BCUT2D eigenvalue weighted by molar-refractivity contribution is 8.01. The van der Waals surface area contributed by atoms with Gasteiger partial charge in [0.25, 0.3) is 6.43 Å². The van der Waals surface area contributed by atoms with Crippen molar-refractivity contribution in [2.75, 3.05) is 19.1 Å². The smallest absolute Gasteiger partial charge is 0.303 e. The molecule has 8 nitrogen and oxygen atoms in total. The van der Waals surface area contributed by atoms with Gasteiger partial charge < -0.3 is 14.6 Å². The van der Waals surface area contributed by atoms with Crippen LogP contribution in [-0.2, 0) is 17.6 Å². The molecule has 1 unspecified atom stereocenters. The van der Waals surface area contributed by atoms with E-state index in [1.165, 1.54) is 37.3 Å². The molecule has 1 aliphatic heterocycles. The van der Waals surface area contributed by atoms with Crippen molar-refractivity contribution in [2.45, 2.75) is 36.2 Å². The Morgan fingerprint density at radius 1 is 1.23 bits per heavy atom. The number of carboxylic acid groups (broad SMARTS) is 1. The zero-order valence-corrected chi connectivity index (χ0v) is 23.3. The highest BCUT2D eigenvalue weighted by Gasteiger charge is 2.39. The fourth-order valence-corrected chi connectivity index (χ4v) is 7.06. The number of anilines is 1. The molecule has 0 saturated carbocycles. The third kappa shape index (κ3) is 6.18. The van der Waals surface area contributed by atoms with Gasteiger partial charge in [0.1, 0.15) is 5.84 Å². The standard InChI is InChI=1S/C26H25ClF2N4O4S2/c1-36-18-5-3-4-15(22(18)37-2)23-16-10-13(27)6-8-17(16)33(26(31)24(28)29)25(30)19(39-23)11-20-32-12-14(38-20)7-9-21(34)35/h3-6,8,10,12,19,23-24,30-31H,7,9,11H2,1-2H3,(H,34,35)/t19?,23-/m1/s1. The van der Waals surface area contributed by atoms with Gasteiger partial charge in [-0.3, -0.25) is 20.5 Å². The van der Waals surface area contributed by atoms with Crippen LogP contribution in [0, 0.1) is 10.8 Å². The lowest BCUT2D eigenvalue weighted by Gasteiger charge is -2.27. The van der Waals surface area contributed by atoms with Crippen LogP contribution in [0.5, 0.6) is 11.5 Å². The Morgan fingerprint density at radius 3 is 2.67 bits per heavy atom. The number of halogens is 3. The van der Waals surface area contributed by atoms with Crippen molar-refractivity contribution >= 4 is 58.0 Å². The van der Waals surface area contributed by atoms with Crippen molar-refractivity contribution in [2.24, 2.45) is 0 Å². The number of rotatable bonds is 9. The Labute approximate surface area is 236 Å². The summed E-state index contributed by atoms with van der Waals surface area (Å²) < 4.78 is 39.1. The van der Waals surface area contributed by atoms with Crippen LogP contribution >= 0.6 is 34.7 Å². The van der Waals surface area contributed by atoms with E-state index in [2.05, 4.69) is 4.98 Å². The van der Waals surface area contributed by atoms with E-state index in [0.717, 1.165) is 9.78 Å². The number of fused-ring (bicyclic) bond motifs is 1. The van der Waals surface area contributed by atoms with Gasteiger partial charge in [0.2, 0.25) is 0 Å². The van der Waals surface area contributed by atoms with Gasteiger partial charge in [0.15, 0.2) is 17.3 Å². The number of amidine groups is 2. The molecule has 0 saturated heterocycles. The molecule has 0 amide bonds. The number of thioether (sulfide) groups is 1. The molecule has 3 N–H and O–H groups in total. The van der Waals surface area contributed by atoms with Gasteiger partial charge in [-0.05, 0) is 36.2 Å². The number of hydrogen-bond acceptors (Lipinski definition) is 8. The average molecular weight is 595 g/mol. The third-order valence-electron chi connectivity index (χ3n) is 6.07. The number of alkyl halides is 2. The lowest BCUT2D eigenvalue weighted by molar-refractivity contribution is -0.136. The van der Waals surface area contributed by atoms with Crippen LogP contribution in [0.2, 0.25) is 5.02 Å². The van der Waals surface area contributed by atoms with E-state index < -0.39 is 28.7 Å². The summed E-state index contributed by atoms with van der Waals surface area (Å²) in [6.07, 6.45) is -1.03. The molecule has 39 heavy (non-hydrogen) atoms. The zero-order valence-electron chi connectivity index (χ0n) is 20.9. The summed E-state index contributed by atoms with van der Waals surface area (Å²) in [5.74, 6) is -1.19. The summed E-state index contributed by atoms with van der Waals surface area (Å²) in [5.41, 5.74) is 1.48. The Balaban J connectivity index is 1.84. The lowest BCUT2D eigenvalue weighted by atomic mass is 10.00. The molecule has 2 atom stereocenters. The predicted octanol–water partition coefficient (Wildman–Crippen LogP) is 6.30. The molecule has 2 aromatic carbocycles. The highest BCUT2D eigenvalue weighted by atomic mass is 35.5. The van der Waals surface area contributed by atoms with Crippen LogP contribution in [0.25, 0.3) is 0 Å². The molecule has 2 heterocycles. The van der Waals surface area contributed by atoms with Gasteiger partial charge in [-0.1, -0.05) is 23.7 Å². The second-order valence-electron chi connectivity index (χ2n) is 8.52. The van der Waals surface area contributed by atoms with Crippen molar-refractivity contribution in [3.63, 3.8) is 0 Å². The molecule has 1 aromatic heterocycles. The number of methoxy groups -OCH3 is 2. The molecular weight excluding hydrogens is 570 g/mol. The molecular formula is C26H25ClF2N4O4S2. The van der Waals surface area contributed by atoms with Crippen molar-refractivity contribution in [3.8, 4) is 11.5 Å². The lowest BCUT2D eigenvalue weighted by Crippen LogP contribution is -2.44. The van der Waals surface area contributed by atoms with Gasteiger partial charge in [-0.15, -0.1) is 23.1 Å². The Bertz CT molecular complexity index is 1400. The molecule has 0 aliphatic carbocycles. The zero-order chi connectivity index (χ0) is 28.3. The van der Waals surface area contributed by atoms with Gasteiger partial charge in [-0.2, -0.15) is 0 Å². The van der Waals surface area contributed by atoms with Crippen molar-refractivity contribution in [3.05, 3.63) is 68.6 Å². The number of hydrogen-bond donors (Lipinski definition) is 3. The third-order valence-corrected chi connectivity index (χ3v) is 8.88. The summed E-state index contributed by atoms with van der Waals surface area (Å²) in [6.45, 7) is 0. The fraction of sp³-hybridized carbons (Fsp3) is 0.308. The Kier molecular flexibility index (Phi) is 9.08. The second-order valence-corrected chi connectivity index (χ2v) is 11.5. The van der Waals surface area contributed by atoms with Crippen LogP contribution < -0.4 is 14.4 Å². The van der Waals surface area contributed by atoms with Crippen LogP contribution in [-0.4, -0.2) is 53.6 Å². The number of carboxylic acids is 1. The van der Waals surface area contributed by atoms with Crippen LogP contribution in [0.3, 0.4) is 0 Å². The normalized spacial score (nSPS) is 17.1. The predicted molar refractivity (Wildman–Crippen MR) is 150 cm³/mol. The molecule has 0 fully saturated rings. The van der Waals surface area contributed by atoms with Gasteiger partial charge in [-0.25, -0.2) is 13.8 Å². The fourth-order valence-electron chi connectivity index (χ4n) is 4.32. The summed E-state index contributed by atoms with van der Waals surface area (Å²) >= 11 is 9.03. The topological polar surface area (TPSA) is 120 Å². The number of aliphatic carboxylic acids is 1. The summed E-state index contributed by atoms with van der Waals surface area (Å²) in [7, 11) is 3.02. The van der Waals surface area contributed by atoms with E-state index in [9.17, 15) is 13.6 Å². The minimum Gasteiger partial charge on any atom is -0.493 e. The minimum absolute atomic E-state index is 0.0390. The number of nitrogens with one attached hydrogen (secondary N) is 2. The summed E-state index contributed by atoms with van der Waals surface area (Å²) in [6, 6.07) is 10.1. The molecule has 0 spiro atoms. The van der Waals surface area contributed by atoms with Crippen molar-refractivity contribution in [1.29, 1.82) is 10.8 Å². The number of nitrogens with zero attached hydrogens (tertiary/aromatic N) is 2.